The van der Waals surface area contributed by atoms with Crippen molar-refractivity contribution >= 4 is 16.1 Å². The van der Waals surface area contributed by atoms with E-state index in [1.165, 1.54) is 14.2 Å². The van der Waals surface area contributed by atoms with Crippen molar-refractivity contribution in [2.24, 2.45) is 5.92 Å². The van der Waals surface area contributed by atoms with Crippen LogP contribution in [-0.4, -0.2) is 74.7 Å². The minimum absolute atomic E-state index is 0.0620. The second-order valence-corrected chi connectivity index (χ2v) is 10.7. The zero-order chi connectivity index (χ0) is 21.9. The first-order valence-electron chi connectivity index (χ1n) is 11.3. The summed E-state index contributed by atoms with van der Waals surface area (Å²) in [6.07, 6.45) is 2.49. The Kier molecular flexibility index (Phi) is 6.98. The van der Waals surface area contributed by atoms with E-state index in [2.05, 4.69) is 24.4 Å². The summed E-state index contributed by atoms with van der Waals surface area (Å²) in [5, 5.41) is 3.03. The quantitative estimate of drug-likeness (QED) is 0.711. The van der Waals surface area contributed by atoms with Gasteiger partial charge in [-0.2, -0.15) is 17.0 Å². The number of amides is 1. The van der Waals surface area contributed by atoms with Gasteiger partial charge in [-0.3, -0.25) is 4.79 Å². The SMILES string of the molecule is C[C@@H](CNC(=O)[C@@H]1CCCN(S(=O)(=O)N2CCC3(CC2)OCCO3)C1)c1ccccc1. The first-order chi connectivity index (χ1) is 14.9. The van der Waals surface area contributed by atoms with Gasteiger partial charge in [-0.1, -0.05) is 37.3 Å². The van der Waals surface area contributed by atoms with Crippen molar-refractivity contribution in [2.45, 2.75) is 44.3 Å². The Balaban J connectivity index is 1.30. The molecule has 3 fully saturated rings. The lowest BCUT2D eigenvalue weighted by molar-refractivity contribution is -0.179. The Morgan fingerprint density at radius 2 is 1.81 bits per heavy atom. The molecule has 2 atom stereocenters. The number of rotatable bonds is 6. The highest BCUT2D eigenvalue weighted by Gasteiger charge is 2.44. The molecule has 3 heterocycles. The van der Waals surface area contributed by atoms with Crippen LogP contribution in [-0.2, 0) is 24.5 Å². The third-order valence-corrected chi connectivity index (χ3v) is 8.66. The lowest BCUT2D eigenvalue weighted by Gasteiger charge is -2.40. The minimum atomic E-state index is -3.60. The zero-order valence-electron chi connectivity index (χ0n) is 18.2. The number of benzene rings is 1. The Bertz CT molecular complexity index is 847. The first-order valence-corrected chi connectivity index (χ1v) is 12.7. The first kappa shape index (κ1) is 22.7. The molecule has 0 saturated carbocycles. The summed E-state index contributed by atoms with van der Waals surface area (Å²) in [5.41, 5.74) is 1.17. The van der Waals surface area contributed by atoms with E-state index in [0.29, 0.717) is 65.1 Å². The van der Waals surface area contributed by atoms with Gasteiger partial charge in [-0.05, 0) is 24.3 Å². The number of hydrogen-bond donors (Lipinski definition) is 1. The van der Waals surface area contributed by atoms with Crippen molar-refractivity contribution in [1.82, 2.24) is 13.9 Å². The van der Waals surface area contributed by atoms with Crippen LogP contribution in [0.1, 0.15) is 44.1 Å². The maximum absolute atomic E-state index is 13.2. The summed E-state index contributed by atoms with van der Waals surface area (Å²) in [7, 11) is -3.60. The fourth-order valence-corrected chi connectivity index (χ4v) is 6.37. The molecular weight excluding hydrogens is 418 g/mol. The normalized spacial score (nSPS) is 26.0. The van der Waals surface area contributed by atoms with Crippen LogP contribution in [0.4, 0.5) is 0 Å². The molecule has 1 aromatic rings. The zero-order valence-corrected chi connectivity index (χ0v) is 19.0. The van der Waals surface area contributed by atoms with Crippen LogP contribution in [0.5, 0.6) is 0 Å². The van der Waals surface area contributed by atoms with E-state index in [1.807, 2.05) is 18.2 Å². The van der Waals surface area contributed by atoms with Gasteiger partial charge in [0.15, 0.2) is 5.79 Å². The molecular formula is C22H33N3O5S. The minimum Gasteiger partial charge on any atom is -0.355 e. The Morgan fingerprint density at radius 1 is 1.13 bits per heavy atom. The molecule has 0 unspecified atom stereocenters. The summed E-state index contributed by atoms with van der Waals surface area (Å²) in [5.74, 6) is -0.780. The van der Waals surface area contributed by atoms with Gasteiger partial charge < -0.3 is 14.8 Å². The monoisotopic (exact) mass is 451 g/mol. The molecule has 0 bridgehead atoms. The van der Waals surface area contributed by atoms with Crippen LogP contribution in [0.25, 0.3) is 0 Å². The highest BCUT2D eigenvalue weighted by Crippen LogP contribution is 2.33. The third-order valence-electron chi connectivity index (χ3n) is 6.66. The number of carbonyl (C=O) groups excluding carboxylic acids is 1. The predicted molar refractivity (Wildman–Crippen MR) is 117 cm³/mol. The highest BCUT2D eigenvalue weighted by molar-refractivity contribution is 7.86. The molecule has 172 valence electrons. The van der Waals surface area contributed by atoms with Crippen LogP contribution >= 0.6 is 0 Å². The molecule has 8 nitrogen and oxygen atoms in total. The maximum atomic E-state index is 13.2. The van der Waals surface area contributed by atoms with Gasteiger partial charge in [0.2, 0.25) is 5.91 Å². The fourth-order valence-electron chi connectivity index (χ4n) is 4.67. The van der Waals surface area contributed by atoms with Crippen molar-refractivity contribution in [2.75, 3.05) is 45.9 Å². The summed E-state index contributed by atoms with van der Waals surface area (Å²) in [4.78, 5) is 12.8. The molecule has 0 aromatic heterocycles. The van der Waals surface area contributed by atoms with Gasteiger partial charge >= 0.3 is 0 Å². The van der Waals surface area contributed by atoms with Gasteiger partial charge in [0.1, 0.15) is 0 Å². The summed E-state index contributed by atoms with van der Waals surface area (Å²) >= 11 is 0. The number of nitrogens with one attached hydrogen (secondary N) is 1. The molecule has 1 aromatic carbocycles. The van der Waals surface area contributed by atoms with Gasteiger partial charge in [0, 0.05) is 45.6 Å². The molecule has 3 aliphatic rings. The van der Waals surface area contributed by atoms with Crippen molar-refractivity contribution in [3.63, 3.8) is 0 Å². The van der Waals surface area contributed by atoms with Crippen molar-refractivity contribution < 1.29 is 22.7 Å². The van der Waals surface area contributed by atoms with E-state index in [4.69, 9.17) is 9.47 Å². The molecule has 4 rings (SSSR count). The molecule has 3 aliphatic heterocycles. The largest absolute Gasteiger partial charge is 0.355 e. The number of nitrogens with zero attached hydrogens (tertiary/aromatic N) is 2. The van der Waals surface area contributed by atoms with Crippen molar-refractivity contribution in [3.8, 4) is 0 Å². The van der Waals surface area contributed by atoms with E-state index >= 15 is 0 Å². The molecule has 1 N–H and O–H groups in total. The smallest absolute Gasteiger partial charge is 0.282 e. The summed E-state index contributed by atoms with van der Waals surface area (Å²) in [6.45, 7) is 5.21. The average Bonchev–Trinajstić information content (AvgIpc) is 3.26. The van der Waals surface area contributed by atoms with Gasteiger partial charge in [0.25, 0.3) is 10.2 Å². The molecule has 9 heteroatoms. The molecule has 0 radical (unpaired) electrons. The van der Waals surface area contributed by atoms with Crippen LogP contribution in [0.3, 0.4) is 0 Å². The predicted octanol–water partition coefficient (Wildman–Crippen LogP) is 1.70. The topological polar surface area (TPSA) is 88.2 Å². The van der Waals surface area contributed by atoms with E-state index in [9.17, 15) is 13.2 Å². The van der Waals surface area contributed by atoms with Crippen LogP contribution in [0.15, 0.2) is 30.3 Å². The molecule has 0 aliphatic carbocycles. The highest BCUT2D eigenvalue weighted by atomic mass is 32.2. The molecule has 3 saturated heterocycles. The van der Waals surface area contributed by atoms with E-state index < -0.39 is 16.0 Å². The lowest BCUT2D eigenvalue weighted by Crippen LogP contribution is -2.54. The van der Waals surface area contributed by atoms with Crippen LogP contribution in [0.2, 0.25) is 0 Å². The number of carbonyl (C=O) groups is 1. The second-order valence-electron chi connectivity index (χ2n) is 8.77. The van der Waals surface area contributed by atoms with Crippen molar-refractivity contribution in [3.05, 3.63) is 35.9 Å². The van der Waals surface area contributed by atoms with Crippen LogP contribution < -0.4 is 5.32 Å². The van der Waals surface area contributed by atoms with E-state index in [1.54, 1.807) is 0 Å². The second kappa shape index (κ2) is 9.54. The Hall–Kier alpha value is -1.52. The average molecular weight is 452 g/mol. The molecule has 1 amide bonds. The summed E-state index contributed by atoms with van der Waals surface area (Å²) in [6, 6.07) is 10.1. The summed E-state index contributed by atoms with van der Waals surface area (Å²) < 4.78 is 40.8. The van der Waals surface area contributed by atoms with Crippen LogP contribution in [0, 0.1) is 5.92 Å². The van der Waals surface area contributed by atoms with Gasteiger partial charge in [-0.25, -0.2) is 0 Å². The standard InChI is InChI=1S/C22H33N3O5S/c1-18(19-6-3-2-4-7-19)16-23-21(26)20-8-5-11-25(17-20)31(27,28)24-12-9-22(10-13-24)29-14-15-30-22/h2-4,6-7,18,20H,5,8-17H2,1H3,(H,23,26)/t18-,20+/m0/s1. The molecule has 31 heavy (non-hydrogen) atoms. The Labute approximate surface area is 185 Å². The third kappa shape index (κ3) is 5.12. The maximum Gasteiger partial charge on any atom is 0.282 e. The van der Waals surface area contributed by atoms with Gasteiger partial charge in [-0.15, -0.1) is 0 Å². The Morgan fingerprint density at radius 3 is 2.48 bits per heavy atom. The number of ether oxygens (including phenoxy) is 2. The number of hydrogen-bond acceptors (Lipinski definition) is 5. The van der Waals surface area contributed by atoms with Crippen molar-refractivity contribution in [1.29, 1.82) is 0 Å². The molecule has 1 spiro atoms. The van der Waals surface area contributed by atoms with E-state index in [0.717, 1.165) is 0 Å². The fraction of sp³-hybridized carbons (Fsp3) is 0.682. The van der Waals surface area contributed by atoms with E-state index in [-0.39, 0.29) is 24.3 Å². The lowest BCUT2D eigenvalue weighted by atomic mass is 9.97. The number of piperidine rings is 2. The van der Waals surface area contributed by atoms with Gasteiger partial charge in [0.05, 0.1) is 19.1 Å².